The van der Waals surface area contributed by atoms with Gasteiger partial charge in [0.1, 0.15) is 0 Å². The molecule has 1 saturated carbocycles. The van der Waals surface area contributed by atoms with E-state index in [1.807, 2.05) is 0 Å². The van der Waals surface area contributed by atoms with Crippen molar-refractivity contribution in [3.05, 3.63) is 26.9 Å². The predicted octanol–water partition coefficient (Wildman–Crippen LogP) is 2.95. The van der Waals surface area contributed by atoms with Crippen LogP contribution in [0.4, 0.5) is 0 Å². The van der Waals surface area contributed by atoms with E-state index < -0.39 is 0 Å². The number of aromatic nitrogens is 2. The van der Waals surface area contributed by atoms with Gasteiger partial charge in [-0.1, -0.05) is 32.1 Å². The molecule has 0 aromatic carbocycles. The number of nitrogens with one attached hydrogen (secondary N) is 2. The molecule has 0 atom stereocenters. The lowest BCUT2D eigenvalue weighted by Crippen LogP contribution is -2.11. The van der Waals surface area contributed by atoms with E-state index in [2.05, 4.69) is 9.97 Å². The molecule has 16 heavy (non-hydrogen) atoms. The molecule has 1 aliphatic carbocycles. The maximum absolute atomic E-state index is 11.2. The van der Waals surface area contributed by atoms with E-state index in [4.69, 9.17) is 12.2 Å². The summed E-state index contributed by atoms with van der Waals surface area (Å²) in [6.45, 7) is 0. The van der Waals surface area contributed by atoms with E-state index in [0.717, 1.165) is 18.0 Å². The molecule has 0 saturated heterocycles. The average molecular weight is 238 g/mol. The third-order valence-electron chi connectivity index (χ3n) is 3.36. The molecular weight excluding hydrogens is 220 g/mol. The summed E-state index contributed by atoms with van der Waals surface area (Å²) in [5, 5.41) is 0. The van der Waals surface area contributed by atoms with Gasteiger partial charge in [0.05, 0.1) is 0 Å². The minimum absolute atomic E-state index is 0.0950. The predicted molar refractivity (Wildman–Crippen MR) is 67.1 cm³/mol. The summed E-state index contributed by atoms with van der Waals surface area (Å²) in [5.41, 5.74) is 0.877. The van der Waals surface area contributed by atoms with Crippen molar-refractivity contribution >= 4 is 12.2 Å². The summed E-state index contributed by atoms with van der Waals surface area (Å²) < 4.78 is 0.436. The molecule has 0 unspecified atom stereocenters. The third kappa shape index (κ3) is 3.30. The fourth-order valence-corrected chi connectivity index (χ4v) is 2.72. The fraction of sp³-hybridized carbons (Fsp3) is 0.667. The lowest BCUT2D eigenvalue weighted by molar-refractivity contribution is 0.338. The van der Waals surface area contributed by atoms with Gasteiger partial charge >= 0.3 is 0 Å². The molecule has 88 valence electrons. The smallest absolute Gasteiger partial charge is 0.251 e. The first-order chi connectivity index (χ1) is 7.74. The van der Waals surface area contributed by atoms with Crippen molar-refractivity contribution < 1.29 is 0 Å². The number of hydrogen-bond acceptors (Lipinski definition) is 2. The van der Waals surface area contributed by atoms with Crippen molar-refractivity contribution in [1.82, 2.24) is 9.97 Å². The van der Waals surface area contributed by atoms with Crippen molar-refractivity contribution in [2.75, 3.05) is 0 Å². The van der Waals surface area contributed by atoms with Crippen LogP contribution in [0.5, 0.6) is 0 Å². The van der Waals surface area contributed by atoms with Gasteiger partial charge in [0.15, 0.2) is 4.77 Å². The number of aromatic amines is 2. The Morgan fingerprint density at radius 3 is 2.69 bits per heavy atom. The minimum atomic E-state index is -0.0950. The molecule has 0 bridgehead atoms. The van der Waals surface area contributed by atoms with Crippen molar-refractivity contribution in [2.24, 2.45) is 5.92 Å². The number of aryl methyl sites for hydroxylation is 1. The second-order valence-corrected chi connectivity index (χ2v) is 5.06. The van der Waals surface area contributed by atoms with Gasteiger partial charge in [-0.2, -0.15) is 0 Å². The highest BCUT2D eigenvalue weighted by Gasteiger charge is 2.13. The highest BCUT2D eigenvalue weighted by atomic mass is 32.1. The molecular formula is C12H18N2OS. The number of H-pyrrole nitrogens is 2. The Labute approximate surface area is 100 Å². The van der Waals surface area contributed by atoms with E-state index in [1.54, 1.807) is 6.07 Å². The topological polar surface area (TPSA) is 48.6 Å². The first-order valence-corrected chi connectivity index (χ1v) is 6.47. The molecule has 1 aromatic rings. The van der Waals surface area contributed by atoms with Gasteiger partial charge in [-0.15, -0.1) is 0 Å². The minimum Gasteiger partial charge on any atom is -0.336 e. The van der Waals surface area contributed by atoms with Gasteiger partial charge in [-0.25, -0.2) is 0 Å². The van der Waals surface area contributed by atoms with Crippen LogP contribution in [-0.4, -0.2) is 9.97 Å². The third-order valence-corrected chi connectivity index (χ3v) is 3.57. The Bertz CT molecular complexity index is 415. The van der Waals surface area contributed by atoms with Gasteiger partial charge < -0.3 is 4.98 Å². The number of hydrogen-bond donors (Lipinski definition) is 2. The van der Waals surface area contributed by atoms with Crippen molar-refractivity contribution in [3.63, 3.8) is 0 Å². The van der Waals surface area contributed by atoms with Crippen molar-refractivity contribution in [2.45, 2.75) is 44.9 Å². The summed E-state index contributed by atoms with van der Waals surface area (Å²) in [7, 11) is 0. The van der Waals surface area contributed by atoms with Crippen LogP contribution >= 0.6 is 12.2 Å². The summed E-state index contributed by atoms with van der Waals surface area (Å²) >= 11 is 4.95. The molecule has 1 heterocycles. The van der Waals surface area contributed by atoms with E-state index in [1.165, 1.54) is 38.5 Å². The monoisotopic (exact) mass is 238 g/mol. The van der Waals surface area contributed by atoms with Gasteiger partial charge in [-0.3, -0.25) is 9.78 Å². The van der Waals surface area contributed by atoms with Gasteiger partial charge in [0.25, 0.3) is 5.56 Å². The van der Waals surface area contributed by atoms with E-state index in [9.17, 15) is 4.79 Å². The van der Waals surface area contributed by atoms with Crippen LogP contribution < -0.4 is 5.56 Å². The van der Waals surface area contributed by atoms with E-state index >= 15 is 0 Å². The lowest BCUT2D eigenvalue weighted by Gasteiger charge is -2.21. The molecule has 0 spiro atoms. The lowest BCUT2D eigenvalue weighted by atomic mass is 9.86. The maximum atomic E-state index is 11.2. The van der Waals surface area contributed by atoms with Gasteiger partial charge in [0, 0.05) is 11.8 Å². The van der Waals surface area contributed by atoms with Crippen LogP contribution in [0.2, 0.25) is 0 Å². The van der Waals surface area contributed by atoms with Gasteiger partial charge in [-0.05, 0) is 31.0 Å². The first-order valence-electron chi connectivity index (χ1n) is 6.06. The quantitative estimate of drug-likeness (QED) is 0.795. The van der Waals surface area contributed by atoms with Crippen LogP contribution in [0.25, 0.3) is 0 Å². The second kappa shape index (κ2) is 5.43. The average Bonchev–Trinajstić information content (AvgIpc) is 2.27. The summed E-state index contributed by atoms with van der Waals surface area (Å²) in [5.74, 6) is 0.843. The molecule has 2 rings (SSSR count). The Hall–Kier alpha value is -0.900. The highest BCUT2D eigenvalue weighted by Crippen LogP contribution is 2.26. The molecule has 1 fully saturated rings. The second-order valence-electron chi connectivity index (χ2n) is 4.66. The highest BCUT2D eigenvalue weighted by molar-refractivity contribution is 7.71. The van der Waals surface area contributed by atoms with Crippen LogP contribution in [0.1, 0.15) is 44.2 Å². The SMILES string of the molecule is O=c1cc(CCC2CCCCC2)[nH]c(=S)[nH]1. The van der Waals surface area contributed by atoms with Crippen LogP contribution in [0.15, 0.2) is 10.9 Å². The Morgan fingerprint density at radius 1 is 1.25 bits per heavy atom. The molecule has 1 aliphatic rings. The molecule has 3 nitrogen and oxygen atoms in total. The Morgan fingerprint density at radius 2 is 2.00 bits per heavy atom. The summed E-state index contributed by atoms with van der Waals surface area (Å²) in [6.07, 6.45) is 8.96. The van der Waals surface area contributed by atoms with E-state index in [0.29, 0.717) is 4.77 Å². The van der Waals surface area contributed by atoms with Gasteiger partial charge in [0.2, 0.25) is 0 Å². The van der Waals surface area contributed by atoms with Crippen LogP contribution in [0.3, 0.4) is 0 Å². The molecule has 0 radical (unpaired) electrons. The first kappa shape index (κ1) is 11.6. The Kier molecular flexibility index (Phi) is 3.93. The zero-order valence-corrected chi connectivity index (χ0v) is 10.2. The van der Waals surface area contributed by atoms with E-state index in [-0.39, 0.29) is 5.56 Å². The standard InChI is InChI=1S/C12H18N2OS/c15-11-8-10(13-12(16)14-11)7-6-9-4-2-1-3-5-9/h8-9H,1-7H2,(H2,13,14,15,16). The fourth-order valence-electron chi connectivity index (χ4n) is 2.49. The number of rotatable bonds is 3. The molecule has 0 amide bonds. The largest absolute Gasteiger partial charge is 0.336 e. The molecule has 4 heteroatoms. The maximum Gasteiger partial charge on any atom is 0.251 e. The summed E-state index contributed by atoms with van der Waals surface area (Å²) in [4.78, 5) is 16.8. The van der Waals surface area contributed by atoms with Crippen molar-refractivity contribution in [1.29, 1.82) is 0 Å². The molecule has 0 aliphatic heterocycles. The van der Waals surface area contributed by atoms with Crippen LogP contribution in [-0.2, 0) is 6.42 Å². The zero-order valence-electron chi connectivity index (χ0n) is 9.42. The molecule has 1 aromatic heterocycles. The zero-order chi connectivity index (χ0) is 11.4. The van der Waals surface area contributed by atoms with Crippen LogP contribution in [0, 0.1) is 10.7 Å². The Balaban J connectivity index is 1.93. The summed E-state index contributed by atoms with van der Waals surface area (Å²) in [6, 6.07) is 1.62. The normalized spacial score (nSPS) is 17.5. The molecule has 2 N–H and O–H groups in total. The van der Waals surface area contributed by atoms with Crippen molar-refractivity contribution in [3.8, 4) is 0 Å².